The Morgan fingerprint density at radius 3 is 2.61 bits per heavy atom. The zero-order valence-corrected chi connectivity index (χ0v) is 13.3. The predicted octanol–water partition coefficient (Wildman–Crippen LogP) is 3.25. The molecular formula is C19H19NO3. The van der Waals surface area contributed by atoms with Crippen LogP contribution in [0.4, 0.5) is 5.69 Å². The molecule has 0 aromatic heterocycles. The quantitative estimate of drug-likeness (QED) is 0.815. The van der Waals surface area contributed by atoms with Gasteiger partial charge in [-0.3, -0.25) is 9.59 Å². The summed E-state index contributed by atoms with van der Waals surface area (Å²) in [6.07, 6.45) is 0.853. The van der Waals surface area contributed by atoms with Crippen LogP contribution in [-0.4, -0.2) is 24.3 Å². The van der Waals surface area contributed by atoms with E-state index >= 15 is 0 Å². The number of benzene rings is 2. The molecule has 2 aromatic carbocycles. The molecule has 2 aromatic rings. The number of carbonyl (C=O) groups excluding carboxylic acids is 2. The van der Waals surface area contributed by atoms with Crippen molar-refractivity contribution in [3.63, 3.8) is 0 Å². The number of ketones is 1. The molecule has 1 atom stereocenters. The minimum Gasteiger partial charge on any atom is -0.483 e. The molecule has 4 heteroatoms. The summed E-state index contributed by atoms with van der Waals surface area (Å²) in [6, 6.07) is 15.0. The first-order valence-corrected chi connectivity index (χ1v) is 7.70. The average molecular weight is 309 g/mol. The van der Waals surface area contributed by atoms with Gasteiger partial charge in [0.1, 0.15) is 5.75 Å². The molecule has 23 heavy (non-hydrogen) atoms. The van der Waals surface area contributed by atoms with Crippen molar-refractivity contribution in [2.75, 3.05) is 11.5 Å². The van der Waals surface area contributed by atoms with Gasteiger partial charge < -0.3 is 9.64 Å². The molecule has 118 valence electrons. The fourth-order valence-electron chi connectivity index (χ4n) is 3.04. The maximum atomic E-state index is 12.6. The van der Waals surface area contributed by atoms with Crippen LogP contribution in [0.3, 0.4) is 0 Å². The molecule has 0 fully saturated rings. The van der Waals surface area contributed by atoms with Gasteiger partial charge in [0.2, 0.25) is 0 Å². The molecule has 0 unspecified atom stereocenters. The Balaban J connectivity index is 1.75. The lowest BCUT2D eigenvalue weighted by atomic mass is 10.1. The van der Waals surface area contributed by atoms with Gasteiger partial charge in [0.25, 0.3) is 5.91 Å². The van der Waals surface area contributed by atoms with Crippen LogP contribution in [0.1, 0.15) is 29.8 Å². The average Bonchev–Trinajstić information content (AvgIpc) is 2.88. The minimum atomic E-state index is -0.0965. The summed E-state index contributed by atoms with van der Waals surface area (Å²) in [5, 5.41) is 0. The van der Waals surface area contributed by atoms with Gasteiger partial charge >= 0.3 is 0 Å². The van der Waals surface area contributed by atoms with Crippen molar-refractivity contribution in [1.29, 1.82) is 0 Å². The van der Waals surface area contributed by atoms with Crippen molar-refractivity contribution in [2.24, 2.45) is 0 Å². The Morgan fingerprint density at radius 1 is 1.13 bits per heavy atom. The van der Waals surface area contributed by atoms with Gasteiger partial charge in [-0.15, -0.1) is 0 Å². The lowest BCUT2D eigenvalue weighted by Crippen LogP contribution is -2.39. The van der Waals surface area contributed by atoms with Gasteiger partial charge in [-0.1, -0.05) is 30.3 Å². The number of hydrogen-bond acceptors (Lipinski definition) is 3. The van der Waals surface area contributed by atoms with E-state index in [1.165, 1.54) is 12.5 Å². The van der Waals surface area contributed by atoms with E-state index in [1.54, 1.807) is 29.2 Å². The van der Waals surface area contributed by atoms with E-state index in [0.717, 1.165) is 12.1 Å². The number of nitrogens with zero attached hydrogens (tertiary/aromatic N) is 1. The SMILES string of the molecule is CC(=O)c1ccccc1OCC(=O)N1c2ccccc2C[C@@H]1C. The second-order valence-electron chi connectivity index (χ2n) is 5.79. The molecule has 0 N–H and O–H groups in total. The molecule has 3 rings (SSSR count). The summed E-state index contributed by atoms with van der Waals surface area (Å²) >= 11 is 0. The first-order chi connectivity index (χ1) is 11.1. The molecule has 1 amide bonds. The highest BCUT2D eigenvalue weighted by molar-refractivity contribution is 5.98. The highest BCUT2D eigenvalue weighted by atomic mass is 16.5. The third-order valence-electron chi connectivity index (χ3n) is 4.09. The number of Topliss-reactive ketones (excluding diaryl/α,β-unsaturated/α-hetero) is 1. The molecule has 0 radical (unpaired) electrons. The number of rotatable bonds is 4. The first-order valence-electron chi connectivity index (χ1n) is 7.70. The monoisotopic (exact) mass is 309 g/mol. The van der Waals surface area contributed by atoms with Crippen LogP contribution in [0.15, 0.2) is 48.5 Å². The van der Waals surface area contributed by atoms with Crippen molar-refractivity contribution < 1.29 is 14.3 Å². The van der Waals surface area contributed by atoms with E-state index in [2.05, 4.69) is 0 Å². The van der Waals surface area contributed by atoms with E-state index in [-0.39, 0.29) is 24.3 Å². The molecule has 0 saturated carbocycles. The second-order valence-corrected chi connectivity index (χ2v) is 5.79. The zero-order valence-electron chi connectivity index (χ0n) is 13.3. The van der Waals surface area contributed by atoms with Crippen LogP contribution < -0.4 is 9.64 Å². The summed E-state index contributed by atoms with van der Waals surface area (Å²) < 4.78 is 5.62. The maximum Gasteiger partial charge on any atom is 0.265 e. The van der Waals surface area contributed by atoms with Crippen LogP contribution in [0, 0.1) is 0 Å². The summed E-state index contributed by atoms with van der Waals surface area (Å²) in [5.74, 6) is 0.280. The summed E-state index contributed by atoms with van der Waals surface area (Å²) in [7, 11) is 0. The van der Waals surface area contributed by atoms with Gasteiger partial charge in [-0.2, -0.15) is 0 Å². The van der Waals surface area contributed by atoms with Gasteiger partial charge in [-0.05, 0) is 44.0 Å². The van der Waals surface area contributed by atoms with Crippen molar-refractivity contribution in [3.05, 3.63) is 59.7 Å². The molecule has 1 aliphatic heterocycles. The normalized spacial score (nSPS) is 16.1. The summed E-state index contributed by atoms with van der Waals surface area (Å²) in [6.45, 7) is 3.44. The van der Waals surface area contributed by atoms with Gasteiger partial charge in [0.15, 0.2) is 12.4 Å². The summed E-state index contributed by atoms with van der Waals surface area (Å²) in [5.41, 5.74) is 2.63. The molecule has 4 nitrogen and oxygen atoms in total. The van der Waals surface area contributed by atoms with Crippen LogP contribution in [0.2, 0.25) is 0 Å². The molecule has 1 heterocycles. The first kappa shape index (κ1) is 15.3. The number of anilines is 1. The molecular weight excluding hydrogens is 290 g/mol. The minimum absolute atomic E-state index is 0.0760. The van der Waals surface area contributed by atoms with Crippen LogP contribution in [0.25, 0.3) is 0 Å². The van der Waals surface area contributed by atoms with Crippen molar-refractivity contribution in [3.8, 4) is 5.75 Å². The largest absolute Gasteiger partial charge is 0.483 e. The fraction of sp³-hybridized carbons (Fsp3) is 0.263. The number of para-hydroxylation sites is 2. The van der Waals surface area contributed by atoms with Crippen molar-refractivity contribution in [1.82, 2.24) is 0 Å². The number of amides is 1. The lowest BCUT2D eigenvalue weighted by molar-refractivity contribution is -0.120. The predicted molar refractivity (Wildman–Crippen MR) is 89.0 cm³/mol. The zero-order chi connectivity index (χ0) is 16.4. The Hall–Kier alpha value is -2.62. The second kappa shape index (κ2) is 6.24. The fourth-order valence-corrected chi connectivity index (χ4v) is 3.04. The van der Waals surface area contributed by atoms with E-state index in [9.17, 15) is 9.59 Å². The van der Waals surface area contributed by atoms with E-state index in [0.29, 0.717) is 11.3 Å². The van der Waals surface area contributed by atoms with E-state index in [4.69, 9.17) is 4.74 Å². The highest BCUT2D eigenvalue weighted by Crippen LogP contribution is 2.32. The third kappa shape index (κ3) is 2.97. The maximum absolute atomic E-state index is 12.6. The van der Waals surface area contributed by atoms with Gasteiger partial charge in [0.05, 0.1) is 5.56 Å². The number of carbonyl (C=O) groups is 2. The van der Waals surface area contributed by atoms with Gasteiger partial charge in [0, 0.05) is 11.7 Å². The Kier molecular flexibility index (Phi) is 4.15. The summed E-state index contributed by atoms with van der Waals surface area (Å²) in [4.78, 5) is 26.0. The molecule has 0 aliphatic carbocycles. The van der Waals surface area contributed by atoms with Crippen LogP contribution >= 0.6 is 0 Å². The van der Waals surface area contributed by atoms with E-state index < -0.39 is 0 Å². The molecule has 0 saturated heterocycles. The molecule has 1 aliphatic rings. The van der Waals surface area contributed by atoms with E-state index in [1.807, 2.05) is 31.2 Å². The Labute approximate surface area is 135 Å². The van der Waals surface area contributed by atoms with Crippen molar-refractivity contribution in [2.45, 2.75) is 26.3 Å². The van der Waals surface area contributed by atoms with Crippen molar-refractivity contribution >= 4 is 17.4 Å². The third-order valence-corrected chi connectivity index (χ3v) is 4.09. The van der Waals surface area contributed by atoms with Crippen LogP contribution in [0.5, 0.6) is 5.75 Å². The molecule has 0 bridgehead atoms. The Morgan fingerprint density at radius 2 is 1.83 bits per heavy atom. The molecule has 0 spiro atoms. The smallest absolute Gasteiger partial charge is 0.265 e. The number of fused-ring (bicyclic) bond motifs is 1. The topological polar surface area (TPSA) is 46.6 Å². The standard InChI is InChI=1S/C19H19NO3/c1-13-11-15-7-3-5-9-17(15)20(13)19(22)12-23-18-10-6-4-8-16(18)14(2)21/h3-10,13H,11-12H2,1-2H3/t13-/m0/s1. The number of hydrogen-bond donors (Lipinski definition) is 0. The Bertz CT molecular complexity index is 754. The van der Waals surface area contributed by atoms with Crippen LogP contribution in [-0.2, 0) is 11.2 Å². The highest BCUT2D eigenvalue weighted by Gasteiger charge is 2.30. The number of ether oxygens (including phenoxy) is 1. The van der Waals surface area contributed by atoms with Gasteiger partial charge in [-0.25, -0.2) is 0 Å². The lowest BCUT2D eigenvalue weighted by Gasteiger charge is -2.23.